The minimum Gasteiger partial charge on any atom is -0.359 e. The summed E-state index contributed by atoms with van der Waals surface area (Å²) in [4.78, 5) is 44.9. The molecule has 0 radical (unpaired) electrons. The van der Waals surface area contributed by atoms with Gasteiger partial charge in [-0.15, -0.1) is 11.8 Å². The van der Waals surface area contributed by atoms with Crippen molar-refractivity contribution in [2.75, 3.05) is 11.6 Å². The van der Waals surface area contributed by atoms with Crippen molar-refractivity contribution in [3.63, 3.8) is 0 Å². The largest absolute Gasteiger partial charge is 0.359 e. The first-order valence-corrected chi connectivity index (χ1v) is 15.6. The Morgan fingerprint density at radius 3 is 2.55 bits per heavy atom. The summed E-state index contributed by atoms with van der Waals surface area (Å²) in [5, 5.41) is 6.34. The highest BCUT2D eigenvalue weighted by molar-refractivity contribution is 7.98. The fourth-order valence-electron chi connectivity index (χ4n) is 7.57. The molecule has 0 aromatic heterocycles. The summed E-state index contributed by atoms with van der Waals surface area (Å²) >= 11 is 1.61. The molecule has 38 heavy (non-hydrogen) atoms. The number of anilines is 1. The van der Waals surface area contributed by atoms with Gasteiger partial charge in [0.15, 0.2) is 0 Å². The molecule has 2 N–H and O–H groups in total. The zero-order valence-corrected chi connectivity index (χ0v) is 23.2. The van der Waals surface area contributed by atoms with E-state index in [4.69, 9.17) is 4.74 Å². The summed E-state index contributed by atoms with van der Waals surface area (Å²) in [7, 11) is 0. The molecule has 2 bridgehead atoms. The molecule has 5 atom stereocenters. The Hall–Kier alpha value is -2.32. The SMILES string of the molecule is CSc1cccc(NC(=O)[C@@H]2[C@@H]3C=C[C@]4(O3)[C@@H]2C(=O)N(C2CCC(C)CC2)[C@H]4C(=O)NC2CCCCC2)c1. The number of benzene rings is 1. The highest BCUT2D eigenvalue weighted by atomic mass is 32.2. The lowest BCUT2D eigenvalue weighted by molar-refractivity contribution is -0.145. The van der Waals surface area contributed by atoms with E-state index in [1.165, 1.54) is 6.42 Å². The highest BCUT2D eigenvalue weighted by Gasteiger charge is 2.73. The van der Waals surface area contributed by atoms with Crippen LogP contribution < -0.4 is 10.6 Å². The lowest BCUT2D eigenvalue weighted by atomic mass is 9.74. The Bertz CT molecular complexity index is 1130. The van der Waals surface area contributed by atoms with Crippen LogP contribution in [0.5, 0.6) is 0 Å². The maximum absolute atomic E-state index is 14.3. The molecule has 2 saturated carbocycles. The number of hydrogen-bond donors (Lipinski definition) is 2. The number of ether oxygens (including phenoxy) is 1. The first kappa shape index (κ1) is 25.9. The third-order valence-corrected chi connectivity index (χ3v) is 10.3. The Balaban J connectivity index is 1.31. The molecule has 3 heterocycles. The summed E-state index contributed by atoms with van der Waals surface area (Å²) in [5.74, 6) is -1.17. The average Bonchev–Trinajstić information content (AvgIpc) is 3.57. The van der Waals surface area contributed by atoms with Crippen LogP contribution in [0.4, 0.5) is 5.69 Å². The van der Waals surface area contributed by atoms with Crippen molar-refractivity contribution in [3.8, 4) is 0 Å². The molecule has 8 heteroatoms. The van der Waals surface area contributed by atoms with Gasteiger partial charge in [0.1, 0.15) is 11.6 Å². The summed E-state index contributed by atoms with van der Waals surface area (Å²) < 4.78 is 6.54. The lowest BCUT2D eigenvalue weighted by Crippen LogP contribution is -2.58. The Kier molecular flexibility index (Phi) is 7.06. The van der Waals surface area contributed by atoms with Gasteiger partial charge < -0.3 is 20.3 Å². The van der Waals surface area contributed by atoms with Crippen molar-refractivity contribution in [3.05, 3.63) is 36.4 Å². The molecule has 4 fully saturated rings. The fraction of sp³-hybridized carbons (Fsp3) is 0.633. The van der Waals surface area contributed by atoms with E-state index in [1.807, 2.05) is 47.6 Å². The van der Waals surface area contributed by atoms with Crippen molar-refractivity contribution in [2.24, 2.45) is 17.8 Å². The number of nitrogens with one attached hydrogen (secondary N) is 2. The third kappa shape index (κ3) is 4.37. The second-order valence-corrected chi connectivity index (χ2v) is 12.8. The maximum atomic E-state index is 14.3. The lowest BCUT2D eigenvalue weighted by Gasteiger charge is -2.40. The van der Waals surface area contributed by atoms with Gasteiger partial charge >= 0.3 is 0 Å². The van der Waals surface area contributed by atoms with E-state index in [9.17, 15) is 14.4 Å². The van der Waals surface area contributed by atoms with Crippen LogP contribution in [-0.2, 0) is 19.1 Å². The second-order valence-electron chi connectivity index (χ2n) is 11.9. The molecule has 1 aromatic carbocycles. The molecule has 1 spiro atoms. The standard InChI is InChI=1S/C30H39N3O4S/c1-18-11-13-21(14-12-18)33-26(28(35)31-19-7-4-3-5-8-19)30-16-15-23(37-30)24(25(30)29(33)36)27(34)32-20-9-6-10-22(17-20)38-2/h6,9-10,15-19,21,23-26H,3-5,7-8,11-14H2,1-2H3,(H,31,35)(H,32,34)/t18?,21?,23-,24+,25-,26-,30-/m0/s1. The number of nitrogens with zero attached hydrogens (tertiary/aromatic N) is 1. The van der Waals surface area contributed by atoms with Gasteiger partial charge in [0.05, 0.1) is 17.9 Å². The van der Waals surface area contributed by atoms with Gasteiger partial charge in [-0.1, -0.05) is 44.4 Å². The van der Waals surface area contributed by atoms with Crippen LogP contribution >= 0.6 is 11.8 Å². The number of carbonyl (C=O) groups excluding carboxylic acids is 3. The number of carbonyl (C=O) groups is 3. The molecule has 7 nitrogen and oxygen atoms in total. The summed E-state index contributed by atoms with van der Waals surface area (Å²) in [6.45, 7) is 2.25. The van der Waals surface area contributed by atoms with E-state index in [1.54, 1.807) is 11.8 Å². The number of likely N-dealkylation sites (tertiary alicyclic amines) is 1. The highest BCUT2D eigenvalue weighted by Crippen LogP contribution is 2.56. The quantitative estimate of drug-likeness (QED) is 0.411. The molecule has 3 amide bonds. The molecule has 0 unspecified atom stereocenters. The van der Waals surface area contributed by atoms with Crippen LogP contribution in [0.25, 0.3) is 0 Å². The second kappa shape index (κ2) is 10.3. The van der Waals surface area contributed by atoms with Gasteiger partial charge in [-0.2, -0.15) is 0 Å². The van der Waals surface area contributed by atoms with Gasteiger partial charge in [0, 0.05) is 22.7 Å². The zero-order valence-electron chi connectivity index (χ0n) is 22.4. The monoisotopic (exact) mass is 537 g/mol. The smallest absolute Gasteiger partial charge is 0.246 e. The van der Waals surface area contributed by atoms with E-state index in [0.717, 1.165) is 56.3 Å². The zero-order chi connectivity index (χ0) is 26.4. The van der Waals surface area contributed by atoms with Gasteiger partial charge in [-0.05, 0) is 68.9 Å². The molecule has 2 saturated heterocycles. The fourth-order valence-corrected chi connectivity index (χ4v) is 8.03. The number of fused-ring (bicyclic) bond motifs is 1. The summed E-state index contributed by atoms with van der Waals surface area (Å²) in [5.41, 5.74) is -0.384. The van der Waals surface area contributed by atoms with Crippen molar-refractivity contribution in [1.82, 2.24) is 10.2 Å². The van der Waals surface area contributed by atoms with Crippen LogP contribution in [0.2, 0.25) is 0 Å². The minimum atomic E-state index is -1.09. The summed E-state index contributed by atoms with van der Waals surface area (Å²) in [6, 6.07) is 7.12. The van der Waals surface area contributed by atoms with Gasteiger partial charge in [-0.25, -0.2) is 0 Å². The number of thioether (sulfide) groups is 1. The first-order chi connectivity index (χ1) is 18.4. The number of amides is 3. The molecule has 1 aromatic rings. The van der Waals surface area contributed by atoms with Crippen LogP contribution in [0.3, 0.4) is 0 Å². The van der Waals surface area contributed by atoms with Crippen LogP contribution in [0.1, 0.15) is 64.7 Å². The minimum absolute atomic E-state index is 0.00111. The molecule has 204 valence electrons. The van der Waals surface area contributed by atoms with Crippen molar-refractivity contribution < 1.29 is 19.1 Å². The Morgan fingerprint density at radius 2 is 1.82 bits per heavy atom. The predicted molar refractivity (Wildman–Crippen MR) is 148 cm³/mol. The number of hydrogen-bond acceptors (Lipinski definition) is 5. The van der Waals surface area contributed by atoms with E-state index in [-0.39, 0.29) is 29.8 Å². The Morgan fingerprint density at radius 1 is 1.05 bits per heavy atom. The molecular weight excluding hydrogens is 498 g/mol. The van der Waals surface area contributed by atoms with Crippen LogP contribution in [0, 0.1) is 17.8 Å². The topological polar surface area (TPSA) is 87.7 Å². The summed E-state index contributed by atoms with van der Waals surface area (Å²) in [6.07, 6.45) is 14.5. The van der Waals surface area contributed by atoms with Gasteiger partial charge in [0.25, 0.3) is 0 Å². The molecule has 3 aliphatic heterocycles. The molecule has 6 rings (SSSR count). The third-order valence-electron chi connectivity index (χ3n) is 9.53. The maximum Gasteiger partial charge on any atom is 0.246 e. The first-order valence-electron chi connectivity index (χ1n) is 14.4. The van der Waals surface area contributed by atoms with E-state index >= 15 is 0 Å². The molecule has 5 aliphatic rings. The number of rotatable bonds is 6. The average molecular weight is 538 g/mol. The Labute approximate surface area is 229 Å². The van der Waals surface area contributed by atoms with Crippen molar-refractivity contribution in [2.45, 2.75) is 99.4 Å². The van der Waals surface area contributed by atoms with E-state index in [2.05, 4.69) is 17.6 Å². The van der Waals surface area contributed by atoms with Gasteiger partial charge in [-0.3, -0.25) is 14.4 Å². The van der Waals surface area contributed by atoms with Crippen molar-refractivity contribution >= 4 is 35.2 Å². The normalized spacial score (nSPS) is 36.4. The molecular formula is C30H39N3O4S. The van der Waals surface area contributed by atoms with Crippen LogP contribution in [0.15, 0.2) is 41.3 Å². The van der Waals surface area contributed by atoms with Crippen molar-refractivity contribution in [1.29, 1.82) is 0 Å². The van der Waals surface area contributed by atoms with Gasteiger partial charge in [0.2, 0.25) is 17.7 Å². The van der Waals surface area contributed by atoms with Crippen LogP contribution in [-0.4, -0.2) is 58.7 Å². The van der Waals surface area contributed by atoms with E-state index < -0.39 is 29.6 Å². The van der Waals surface area contributed by atoms with E-state index in [0.29, 0.717) is 11.6 Å². The predicted octanol–water partition coefficient (Wildman–Crippen LogP) is 4.53. The molecule has 2 aliphatic carbocycles.